The van der Waals surface area contributed by atoms with Crippen molar-refractivity contribution in [2.75, 3.05) is 18.4 Å². The molecular formula is C12H16BrF2NO2S. The fourth-order valence-electron chi connectivity index (χ4n) is 1.68. The van der Waals surface area contributed by atoms with E-state index < -0.39 is 23.0 Å². The van der Waals surface area contributed by atoms with Crippen LogP contribution in [-0.4, -0.2) is 37.6 Å². The first-order valence-corrected chi connectivity index (χ1v) is 8.26. The van der Waals surface area contributed by atoms with Crippen LogP contribution in [0.5, 0.6) is 0 Å². The van der Waals surface area contributed by atoms with E-state index >= 15 is 0 Å². The third-order valence-corrected chi connectivity index (χ3v) is 5.00. The SMILES string of the molecule is Cc1ccc(C)c(S(=O)(=O)N(CCBr)CC(F)F)c1. The van der Waals surface area contributed by atoms with Crippen LogP contribution >= 0.6 is 15.9 Å². The van der Waals surface area contributed by atoms with Crippen LogP contribution in [0.15, 0.2) is 23.1 Å². The van der Waals surface area contributed by atoms with Crippen LogP contribution < -0.4 is 0 Å². The van der Waals surface area contributed by atoms with Gasteiger partial charge >= 0.3 is 0 Å². The van der Waals surface area contributed by atoms with E-state index in [0.717, 1.165) is 9.87 Å². The molecule has 0 aromatic heterocycles. The van der Waals surface area contributed by atoms with Crippen molar-refractivity contribution in [1.82, 2.24) is 4.31 Å². The number of aryl methyl sites for hydroxylation is 2. The molecule has 0 N–H and O–H groups in total. The Hall–Kier alpha value is -0.530. The average molecular weight is 356 g/mol. The second-order valence-electron chi connectivity index (χ2n) is 4.21. The standard InChI is InChI=1S/C12H16BrF2NO2S/c1-9-3-4-10(2)11(7-9)19(17,18)16(6-5-13)8-12(14)15/h3-4,7,12H,5-6,8H2,1-2H3. The fourth-order valence-corrected chi connectivity index (χ4v) is 4.07. The van der Waals surface area contributed by atoms with E-state index in [2.05, 4.69) is 15.9 Å². The third kappa shape index (κ3) is 4.22. The maximum atomic E-state index is 12.5. The molecule has 0 saturated carbocycles. The van der Waals surface area contributed by atoms with E-state index in [1.165, 1.54) is 6.07 Å². The minimum Gasteiger partial charge on any atom is -0.209 e. The zero-order chi connectivity index (χ0) is 14.6. The van der Waals surface area contributed by atoms with Gasteiger partial charge in [-0.15, -0.1) is 0 Å². The zero-order valence-corrected chi connectivity index (χ0v) is 13.1. The molecule has 0 aliphatic carbocycles. The number of alkyl halides is 3. The highest BCUT2D eigenvalue weighted by atomic mass is 79.9. The zero-order valence-electron chi connectivity index (χ0n) is 10.7. The van der Waals surface area contributed by atoms with Crippen molar-refractivity contribution in [3.63, 3.8) is 0 Å². The second-order valence-corrected chi connectivity index (χ2v) is 6.91. The summed E-state index contributed by atoms with van der Waals surface area (Å²) < 4.78 is 50.6. The molecule has 0 aliphatic heterocycles. The lowest BCUT2D eigenvalue weighted by atomic mass is 10.2. The van der Waals surface area contributed by atoms with Gasteiger partial charge in [-0.05, 0) is 31.0 Å². The first-order chi connectivity index (χ1) is 8.78. The molecule has 1 aromatic rings. The molecule has 0 atom stereocenters. The van der Waals surface area contributed by atoms with Gasteiger partial charge in [0.05, 0.1) is 11.4 Å². The molecule has 0 unspecified atom stereocenters. The van der Waals surface area contributed by atoms with Gasteiger partial charge in [0.15, 0.2) is 0 Å². The summed E-state index contributed by atoms with van der Waals surface area (Å²) in [6, 6.07) is 4.98. The highest BCUT2D eigenvalue weighted by Crippen LogP contribution is 2.22. The number of hydrogen-bond acceptors (Lipinski definition) is 2. The summed E-state index contributed by atoms with van der Waals surface area (Å²) in [5.41, 5.74) is 1.33. The van der Waals surface area contributed by atoms with Crippen molar-refractivity contribution in [2.45, 2.75) is 25.2 Å². The lowest BCUT2D eigenvalue weighted by Crippen LogP contribution is -2.36. The summed E-state index contributed by atoms with van der Waals surface area (Å²) in [6.45, 7) is 2.64. The number of nitrogens with zero attached hydrogens (tertiary/aromatic N) is 1. The van der Waals surface area contributed by atoms with Crippen LogP contribution in [0.4, 0.5) is 8.78 Å². The summed E-state index contributed by atoms with van der Waals surface area (Å²) in [7, 11) is -3.89. The molecule has 1 aromatic carbocycles. The largest absolute Gasteiger partial charge is 0.252 e. The smallest absolute Gasteiger partial charge is 0.209 e. The summed E-state index contributed by atoms with van der Waals surface area (Å²) in [5, 5.41) is 0.309. The van der Waals surface area contributed by atoms with E-state index in [1.807, 2.05) is 0 Å². The molecule has 0 fully saturated rings. The fraction of sp³-hybridized carbons (Fsp3) is 0.500. The Kier molecular flexibility index (Phi) is 5.88. The predicted octanol–water partition coefficient (Wildman–Crippen LogP) is 2.95. The van der Waals surface area contributed by atoms with Crippen LogP contribution in [0, 0.1) is 13.8 Å². The minimum atomic E-state index is -3.89. The molecule has 0 saturated heterocycles. The second kappa shape index (κ2) is 6.76. The topological polar surface area (TPSA) is 37.4 Å². The normalized spacial score (nSPS) is 12.4. The monoisotopic (exact) mass is 355 g/mol. The van der Waals surface area contributed by atoms with Gasteiger partial charge in [0.1, 0.15) is 0 Å². The Bertz CT molecular complexity index is 535. The molecule has 0 radical (unpaired) electrons. The van der Waals surface area contributed by atoms with Gasteiger partial charge in [0, 0.05) is 11.9 Å². The molecule has 19 heavy (non-hydrogen) atoms. The van der Waals surface area contributed by atoms with E-state index in [4.69, 9.17) is 0 Å². The predicted molar refractivity (Wildman–Crippen MR) is 74.5 cm³/mol. The Morgan fingerprint density at radius 1 is 1.32 bits per heavy atom. The number of rotatable bonds is 6. The van der Waals surface area contributed by atoms with Crippen molar-refractivity contribution < 1.29 is 17.2 Å². The van der Waals surface area contributed by atoms with Gasteiger partial charge in [-0.3, -0.25) is 0 Å². The van der Waals surface area contributed by atoms with Crippen LogP contribution in [0.2, 0.25) is 0 Å². The molecular weight excluding hydrogens is 340 g/mol. The lowest BCUT2D eigenvalue weighted by Gasteiger charge is -2.22. The van der Waals surface area contributed by atoms with E-state index in [-0.39, 0.29) is 11.4 Å². The molecule has 0 aliphatic rings. The van der Waals surface area contributed by atoms with Gasteiger partial charge in [0.2, 0.25) is 10.0 Å². The van der Waals surface area contributed by atoms with Gasteiger partial charge in [-0.2, -0.15) is 4.31 Å². The number of sulfonamides is 1. The molecule has 1 rings (SSSR count). The molecule has 7 heteroatoms. The first-order valence-electron chi connectivity index (χ1n) is 5.70. The quantitative estimate of drug-likeness (QED) is 0.735. The molecule has 3 nitrogen and oxygen atoms in total. The maximum absolute atomic E-state index is 12.5. The summed E-state index contributed by atoms with van der Waals surface area (Å²) >= 11 is 3.09. The van der Waals surface area contributed by atoms with Crippen LogP contribution in [0.25, 0.3) is 0 Å². The van der Waals surface area contributed by atoms with E-state index in [0.29, 0.717) is 10.9 Å². The van der Waals surface area contributed by atoms with Gasteiger partial charge in [0.25, 0.3) is 6.43 Å². The van der Waals surface area contributed by atoms with Crippen molar-refractivity contribution in [2.24, 2.45) is 0 Å². The molecule has 0 heterocycles. The number of benzene rings is 1. The Morgan fingerprint density at radius 2 is 1.95 bits per heavy atom. The molecule has 0 bridgehead atoms. The first kappa shape index (κ1) is 16.5. The Balaban J connectivity index is 3.22. The molecule has 0 amide bonds. The van der Waals surface area contributed by atoms with Crippen molar-refractivity contribution in [3.05, 3.63) is 29.3 Å². The van der Waals surface area contributed by atoms with Crippen molar-refractivity contribution in [3.8, 4) is 0 Å². The third-order valence-electron chi connectivity index (χ3n) is 2.64. The van der Waals surface area contributed by atoms with Crippen LogP contribution in [0.3, 0.4) is 0 Å². The average Bonchev–Trinajstić information content (AvgIpc) is 2.31. The van der Waals surface area contributed by atoms with E-state index in [1.54, 1.807) is 26.0 Å². The Labute approximate surface area is 120 Å². The van der Waals surface area contributed by atoms with E-state index in [9.17, 15) is 17.2 Å². The van der Waals surface area contributed by atoms with Crippen LogP contribution in [-0.2, 0) is 10.0 Å². The molecule has 0 spiro atoms. The van der Waals surface area contributed by atoms with Crippen molar-refractivity contribution >= 4 is 26.0 Å². The highest BCUT2D eigenvalue weighted by Gasteiger charge is 2.28. The summed E-state index contributed by atoms with van der Waals surface area (Å²) in [5.74, 6) is 0. The number of hydrogen-bond donors (Lipinski definition) is 0. The highest BCUT2D eigenvalue weighted by molar-refractivity contribution is 9.09. The lowest BCUT2D eigenvalue weighted by molar-refractivity contribution is 0.121. The summed E-state index contributed by atoms with van der Waals surface area (Å²) in [4.78, 5) is 0.0918. The maximum Gasteiger partial charge on any atom is 0.252 e. The van der Waals surface area contributed by atoms with Gasteiger partial charge in [-0.1, -0.05) is 28.1 Å². The van der Waals surface area contributed by atoms with Gasteiger partial charge in [-0.25, -0.2) is 17.2 Å². The van der Waals surface area contributed by atoms with Crippen molar-refractivity contribution in [1.29, 1.82) is 0 Å². The molecule has 108 valence electrons. The minimum absolute atomic E-state index is 0.0139. The summed E-state index contributed by atoms with van der Waals surface area (Å²) in [6.07, 6.45) is -2.70. The van der Waals surface area contributed by atoms with Gasteiger partial charge < -0.3 is 0 Å². The number of halogens is 3. The Morgan fingerprint density at radius 3 is 2.47 bits per heavy atom. The van der Waals surface area contributed by atoms with Crippen LogP contribution in [0.1, 0.15) is 11.1 Å².